The van der Waals surface area contributed by atoms with Crippen molar-refractivity contribution in [3.63, 3.8) is 0 Å². The lowest BCUT2D eigenvalue weighted by Gasteiger charge is -2.27. The number of carbonyl (C=O) groups excluding carboxylic acids is 1. The lowest BCUT2D eigenvalue weighted by atomic mass is 9.87. The first-order chi connectivity index (χ1) is 12.2. The van der Waals surface area contributed by atoms with Crippen LogP contribution in [-0.4, -0.2) is 27.7 Å². The summed E-state index contributed by atoms with van der Waals surface area (Å²) < 4.78 is 50.9. The summed E-state index contributed by atoms with van der Waals surface area (Å²) in [6.07, 6.45) is 0.671. The van der Waals surface area contributed by atoms with Gasteiger partial charge in [0.05, 0.1) is 9.79 Å². The Morgan fingerprint density at radius 2 is 1.23 bits per heavy atom. The molecule has 2 rings (SSSR count). The Hall–Kier alpha value is -1.99. The van der Waals surface area contributed by atoms with Gasteiger partial charge >= 0.3 is 0 Å². The zero-order valence-electron chi connectivity index (χ0n) is 14.7. The summed E-state index contributed by atoms with van der Waals surface area (Å²) in [5.74, 6) is 0. The van der Waals surface area contributed by atoms with E-state index in [9.17, 15) is 21.6 Å². The van der Waals surface area contributed by atoms with E-state index in [2.05, 4.69) is 0 Å². The molecule has 0 N–H and O–H groups in total. The van der Waals surface area contributed by atoms with Gasteiger partial charge in [0.25, 0.3) is 0 Å². The van der Waals surface area contributed by atoms with Gasteiger partial charge in [-0.1, -0.05) is 50.2 Å². The third-order valence-corrected chi connectivity index (χ3v) is 9.66. The second-order valence-electron chi connectivity index (χ2n) is 6.48. The summed E-state index contributed by atoms with van der Waals surface area (Å²) >= 11 is 0. The van der Waals surface area contributed by atoms with Gasteiger partial charge in [-0.2, -0.15) is 0 Å². The molecule has 5 nitrogen and oxygen atoms in total. The summed E-state index contributed by atoms with van der Waals surface area (Å²) in [4.78, 5) is 11.4. The van der Waals surface area contributed by atoms with Crippen LogP contribution in [0, 0.1) is 5.41 Å². The average Bonchev–Trinajstić information content (AvgIpc) is 2.67. The van der Waals surface area contributed by atoms with Crippen LogP contribution in [-0.2, 0) is 24.5 Å². The molecule has 0 bridgehead atoms. The standard InChI is InChI=1S/C19H22O5S2/c1-3-19(2,15-20)14-18(25(21,22)16-10-6-4-7-11-16)26(23,24)17-12-8-5-9-13-17/h4-13,15,18H,3,14H2,1-2H3/t19-/m1/s1. The molecule has 1 atom stereocenters. The van der Waals surface area contributed by atoms with Gasteiger partial charge in [-0.25, -0.2) is 16.8 Å². The Labute approximate surface area is 154 Å². The predicted octanol–water partition coefficient (Wildman–Crippen LogP) is 3.27. The molecule has 0 aliphatic rings. The number of hydrogen-bond donors (Lipinski definition) is 0. The second kappa shape index (κ2) is 7.72. The van der Waals surface area contributed by atoms with E-state index in [1.54, 1.807) is 26.0 Å². The molecule has 0 radical (unpaired) electrons. The molecule has 2 aromatic carbocycles. The minimum Gasteiger partial charge on any atom is -0.303 e. The number of rotatable bonds is 8. The van der Waals surface area contributed by atoms with Crippen molar-refractivity contribution in [2.75, 3.05) is 0 Å². The van der Waals surface area contributed by atoms with Gasteiger partial charge in [-0.15, -0.1) is 0 Å². The first kappa shape index (κ1) is 20.3. The van der Waals surface area contributed by atoms with Crippen molar-refractivity contribution in [3.05, 3.63) is 60.7 Å². The van der Waals surface area contributed by atoms with Crippen LogP contribution < -0.4 is 0 Å². The summed E-state index contributed by atoms with van der Waals surface area (Å²) in [5.41, 5.74) is -1.06. The molecular weight excluding hydrogens is 372 g/mol. The van der Waals surface area contributed by atoms with Crippen LogP contribution in [0.5, 0.6) is 0 Å². The maximum Gasteiger partial charge on any atom is 0.195 e. The third-order valence-electron chi connectivity index (χ3n) is 4.56. The Morgan fingerprint density at radius 3 is 1.54 bits per heavy atom. The fourth-order valence-corrected chi connectivity index (χ4v) is 7.45. The van der Waals surface area contributed by atoms with Gasteiger partial charge in [0.1, 0.15) is 6.29 Å². The van der Waals surface area contributed by atoms with Crippen LogP contribution in [0.3, 0.4) is 0 Å². The topological polar surface area (TPSA) is 85.3 Å². The molecule has 140 valence electrons. The van der Waals surface area contributed by atoms with Crippen LogP contribution in [0.15, 0.2) is 70.5 Å². The van der Waals surface area contributed by atoms with Crippen molar-refractivity contribution in [1.82, 2.24) is 0 Å². The van der Waals surface area contributed by atoms with Gasteiger partial charge in [0.2, 0.25) is 0 Å². The average molecular weight is 395 g/mol. The minimum atomic E-state index is -4.21. The highest BCUT2D eigenvalue weighted by Crippen LogP contribution is 2.35. The van der Waals surface area contributed by atoms with E-state index in [4.69, 9.17) is 0 Å². The van der Waals surface area contributed by atoms with Gasteiger partial charge in [0, 0.05) is 5.41 Å². The zero-order chi connectivity index (χ0) is 19.4. The highest BCUT2D eigenvalue weighted by atomic mass is 32.3. The SMILES string of the molecule is CC[C@@](C)(C=O)CC(S(=O)(=O)c1ccccc1)S(=O)(=O)c1ccccc1. The lowest BCUT2D eigenvalue weighted by molar-refractivity contribution is -0.115. The van der Waals surface area contributed by atoms with Crippen LogP contribution in [0.1, 0.15) is 26.7 Å². The smallest absolute Gasteiger partial charge is 0.195 e. The largest absolute Gasteiger partial charge is 0.303 e. The van der Waals surface area contributed by atoms with E-state index >= 15 is 0 Å². The molecule has 26 heavy (non-hydrogen) atoms. The number of aldehydes is 1. The van der Waals surface area contributed by atoms with Gasteiger partial charge in [-0.05, 0) is 37.1 Å². The third kappa shape index (κ3) is 4.04. The Morgan fingerprint density at radius 1 is 0.846 bits per heavy atom. The van der Waals surface area contributed by atoms with Crippen molar-refractivity contribution in [2.45, 2.75) is 41.1 Å². The minimum absolute atomic E-state index is 0.0751. The molecule has 0 fully saturated rings. The van der Waals surface area contributed by atoms with E-state index in [1.807, 2.05) is 0 Å². The maximum atomic E-state index is 13.2. The number of carbonyl (C=O) groups is 1. The number of benzene rings is 2. The number of sulfone groups is 2. The van der Waals surface area contributed by atoms with Crippen LogP contribution in [0.4, 0.5) is 0 Å². The van der Waals surface area contributed by atoms with E-state index in [0.29, 0.717) is 12.7 Å². The second-order valence-corrected chi connectivity index (χ2v) is 11.0. The highest BCUT2D eigenvalue weighted by Gasteiger charge is 2.44. The monoisotopic (exact) mass is 394 g/mol. The molecule has 0 spiro atoms. The van der Waals surface area contributed by atoms with Gasteiger partial charge in [-0.3, -0.25) is 0 Å². The van der Waals surface area contributed by atoms with Crippen molar-refractivity contribution < 1.29 is 21.6 Å². The highest BCUT2D eigenvalue weighted by molar-refractivity contribution is 8.09. The summed E-state index contributed by atoms with van der Waals surface area (Å²) in [6.45, 7) is 3.31. The molecule has 0 saturated carbocycles. The van der Waals surface area contributed by atoms with Crippen LogP contribution in [0.25, 0.3) is 0 Å². The van der Waals surface area contributed by atoms with Gasteiger partial charge in [0.15, 0.2) is 24.3 Å². The number of hydrogen-bond acceptors (Lipinski definition) is 5. The first-order valence-electron chi connectivity index (χ1n) is 8.21. The van der Waals surface area contributed by atoms with Crippen LogP contribution >= 0.6 is 0 Å². The van der Waals surface area contributed by atoms with Crippen molar-refractivity contribution >= 4 is 26.0 Å². The van der Waals surface area contributed by atoms with E-state index in [1.165, 1.54) is 48.5 Å². The lowest BCUT2D eigenvalue weighted by Crippen LogP contribution is -2.36. The molecule has 7 heteroatoms. The molecule has 0 aromatic heterocycles. The van der Waals surface area contributed by atoms with Gasteiger partial charge < -0.3 is 4.79 Å². The van der Waals surface area contributed by atoms with E-state index in [-0.39, 0.29) is 16.2 Å². The first-order valence-corrected chi connectivity index (χ1v) is 11.3. The fraction of sp³-hybridized carbons (Fsp3) is 0.316. The van der Waals surface area contributed by atoms with Crippen molar-refractivity contribution in [3.8, 4) is 0 Å². The molecule has 0 heterocycles. The normalized spacial score (nSPS) is 14.7. The molecule has 0 saturated heterocycles. The van der Waals surface area contributed by atoms with E-state index in [0.717, 1.165) is 0 Å². The maximum absolute atomic E-state index is 13.2. The van der Waals surface area contributed by atoms with E-state index < -0.39 is 29.7 Å². The molecule has 0 unspecified atom stereocenters. The Bertz CT molecular complexity index is 882. The van der Waals surface area contributed by atoms with Crippen molar-refractivity contribution in [2.24, 2.45) is 5.41 Å². The Kier molecular flexibility index (Phi) is 6.03. The summed E-state index contributed by atoms with van der Waals surface area (Å²) in [5, 5.41) is 0. The predicted molar refractivity (Wildman–Crippen MR) is 100 cm³/mol. The quantitative estimate of drug-likeness (QED) is 0.642. The Balaban J connectivity index is 2.66. The summed E-state index contributed by atoms with van der Waals surface area (Å²) in [7, 11) is -8.41. The van der Waals surface area contributed by atoms with Crippen LogP contribution in [0.2, 0.25) is 0 Å². The molecule has 0 amide bonds. The molecular formula is C19H22O5S2. The fourth-order valence-electron chi connectivity index (χ4n) is 2.57. The molecule has 0 aliphatic carbocycles. The zero-order valence-corrected chi connectivity index (χ0v) is 16.3. The molecule has 0 aliphatic heterocycles. The molecule has 2 aromatic rings. The summed E-state index contributed by atoms with van der Waals surface area (Å²) in [6, 6.07) is 14.9. The van der Waals surface area contributed by atoms with Crippen molar-refractivity contribution in [1.29, 1.82) is 0 Å².